The van der Waals surface area contributed by atoms with E-state index < -0.39 is 0 Å². The van der Waals surface area contributed by atoms with Crippen LogP contribution in [0.15, 0.2) is 48.5 Å². The average Bonchev–Trinajstić information content (AvgIpc) is 2.65. The van der Waals surface area contributed by atoms with E-state index in [-0.39, 0.29) is 30.4 Å². The quantitative estimate of drug-likeness (QED) is 0.685. The lowest BCUT2D eigenvalue weighted by molar-refractivity contribution is -0.116. The lowest BCUT2D eigenvalue weighted by atomic mass is 10.1. The third kappa shape index (κ3) is 6.01. The molecular weight excluding hydrogens is 352 g/mol. The molecule has 2 rings (SSSR count). The summed E-state index contributed by atoms with van der Waals surface area (Å²) in [5, 5.41) is 6.06. The van der Waals surface area contributed by atoms with Gasteiger partial charge in [-0.1, -0.05) is 24.6 Å². The van der Waals surface area contributed by atoms with Crippen molar-refractivity contribution >= 4 is 34.9 Å². The van der Waals surface area contributed by atoms with Gasteiger partial charge in [-0.05, 0) is 48.9 Å². The summed E-state index contributed by atoms with van der Waals surface area (Å²) >= 11 is 5.79. The zero-order chi connectivity index (χ0) is 18.9. The molecule has 0 saturated heterocycles. The van der Waals surface area contributed by atoms with Crippen molar-refractivity contribution in [3.05, 3.63) is 64.7 Å². The molecule has 2 aromatic rings. The van der Waals surface area contributed by atoms with E-state index in [2.05, 4.69) is 10.6 Å². The Morgan fingerprint density at radius 3 is 2.38 bits per heavy atom. The lowest BCUT2D eigenvalue weighted by Crippen LogP contribution is -2.24. The highest BCUT2D eigenvalue weighted by molar-refractivity contribution is 6.30. The van der Waals surface area contributed by atoms with E-state index in [1.54, 1.807) is 48.5 Å². The highest BCUT2D eigenvalue weighted by atomic mass is 35.5. The van der Waals surface area contributed by atoms with Crippen molar-refractivity contribution in [2.45, 2.75) is 26.2 Å². The van der Waals surface area contributed by atoms with E-state index in [0.29, 0.717) is 28.4 Å². The van der Waals surface area contributed by atoms with Crippen molar-refractivity contribution in [1.82, 2.24) is 5.32 Å². The number of carbonyl (C=O) groups is 3. The molecule has 26 heavy (non-hydrogen) atoms. The van der Waals surface area contributed by atoms with E-state index in [4.69, 9.17) is 11.6 Å². The third-order valence-corrected chi connectivity index (χ3v) is 3.94. The van der Waals surface area contributed by atoms with Crippen molar-refractivity contribution in [2.24, 2.45) is 0 Å². The van der Waals surface area contributed by atoms with Crippen molar-refractivity contribution < 1.29 is 14.4 Å². The number of anilines is 1. The van der Waals surface area contributed by atoms with Gasteiger partial charge in [0, 0.05) is 41.2 Å². The lowest BCUT2D eigenvalue weighted by Gasteiger charge is -2.08. The summed E-state index contributed by atoms with van der Waals surface area (Å²) < 4.78 is 0. The van der Waals surface area contributed by atoms with E-state index in [1.807, 2.05) is 6.92 Å². The molecule has 0 fully saturated rings. The van der Waals surface area contributed by atoms with Gasteiger partial charge >= 0.3 is 0 Å². The van der Waals surface area contributed by atoms with Crippen LogP contribution >= 0.6 is 11.6 Å². The molecule has 0 aliphatic heterocycles. The Hall–Kier alpha value is -2.66. The van der Waals surface area contributed by atoms with Crippen molar-refractivity contribution in [3.63, 3.8) is 0 Å². The van der Waals surface area contributed by atoms with E-state index in [9.17, 15) is 14.4 Å². The van der Waals surface area contributed by atoms with Crippen molar-refractivity contribution in [3.8, 4) is 0 Å². The Balaban J connectivity index is 1.88. The first-order chi connectivity index (χ1) is 12.5. The molecule has 2 aromatic carbocycles. The van der Waals surface area contributed by atoms with Crippen LogP contribution in [-0.2, 0) is 4.79 Å². The fourth-order valence-electron chi connectivity index (χ4n) is 2.31. The van der Waals surface area contributed by atoms with Crippen LogP contribution in [0.5, 0.6) is 0 Å². The monoisotopic (exact) mass is 372 g/mol. The maximum absolute atomic E-state index is 12.1. The second-order valence-corrected chi connectivity index (χ2v) is 6.25. The SMILES string of the molecule is CCCNC(=O)c1cccc(NC(=O)CCC(=O)c2ccc(Cl)cc2)c1. The molecular formula is C20H21ClN2O3. The van der Waals surface area contributed by atoms with Gasteiger partial charge < -0.3 is 10.6 Å². The highest BCUT2D eigenvalue weighted by Gasteiger charge is 2.11. The van der Waals surface area contributed by atoms with Crippen LogP contribution in [0.1, 0.15) is 46.9 Å². The second-order valence-electron chi connectivity index (χ2n) is 5.81. The summed E-state index contributed by atoms with van der Waals surface area (Å²) in [5.41, 5.74) is 1.53. The Labute approximate surface area is 157 Å². The molecule has 136 valence electrons. The topological polar surface area (TPSA) is 75.3 Å². The minimum atomic E-state index is -0.279. The molecule has 0 radical (unpaired) electrons. The first-order valence-electron chi connectivity index (χ1n) is 8.46. The molecule has 2 N–H and O–H groups in total. The fraction of sp³-hybridized carbons (Fsp3) is 0.250. The Morgan fingerprint density at radius 1 is 0.962 bits per heavy atom. The average molecular weight is 373 g/mol. The van der Waals surface area contributed by atoms with Gasteiger partial charge in [0.05, 0.1) is 0 Å². The first kappa shape index (κ1) is 19.7. The number of hydrogen-bond acceptors (Lipinski definition) is 3. The highest BCUT2D eigenvalue weighted by Crippen LogP contribution is 2.14. The standard InChI is InChI=1S/C20H21ClN2O3/c1-2-12-22-20(26)15-4-3-5-17(13-15)23-19(25)11-10-18(24)14-6-8-16(21)9-7-14/h3-9,13H,2,10-12H2,1H3,(H,22,26)(H,23,25). The molecule has 0 heterocycles. The number of amides is 2. The van der Waals surface area contributed by atoms with Gasteiger partial charge in [-0.3, -0.25) is 14.4 Å². The summed E-state index contributed by atoms with van der Waals surface area (Å²) in [6.45, 7) is 2.57. The summed E-state index contributed by atoms with van der Waals surface area (Å²) in [4.78, 5) is 36.1. The summed E-state index contributed by atoms with van der Waals surface area (Å²) in [7, 11) is 0. The van der Waals surface area contributed by atoms with Crippen LogP contribution in [0.4, 0.5) is 5.69 Å². The number of ketones is 1. The Kier molecular flexibility index (Phi) is 7.36. The molecule has 2 amide bonds. The minimum Gasteiger partial charge on any atom is -0.352 e. The fourth-order valence-corrected chi connectivity index (χ4v) is 2.44. The first-order valence-corrected chi connectivity index (χ1v) is 8.84. The van der Waals surface area contributed by atoms with Gasteiger partial charge in [0.25, 0.3) is 5.91 Å². The largest absolute Gasteiger partial charge is 0.352 e. The smallest absolute Gasteiger partial charge is 0.251 e. The molecule has 0 atom stereocenters. The van der Waals surface area contributed by atoms with E-state index in [0.717, 1.165) is 6.42 Å². The van der Waals surface area contributed by atoms with Crippen molar-refractivity contribution in [2.75, 3.05) is 11.9 Å². The van der Waals surface area contributed by atoms with Gasteiger partial charge in [-0.2, -0.15) is 0 Å². The van der Waals surface area contributed by atoms with Crippen LogP contribution in [-0.4, -0.2) is 24.1 Å². The zero-order valence-electron chi connectivity index (χ0n) is 14.5. The molecule has 0 aromatic heterocycles. The van der Waals surface area contributed by atoms with Crippen LogP contribution in [0.3, 0.4) is 0 Å². The second kappa shape index (κ2) is 9.73. The summed E-state index contributed by atoms with van der Waals surface area (Å²) in [6.07, 6.45) is 1.02. The normalized spacial score (nSPS) is 10.2. The molecule has 6 heteroatoms. The minimum absolute atomic E-state index is 0.0632. The zero-order valence-corrected chi connectivity index (χ0v) is 15.3. The maximum atomic E-state index is 12.1. The van der Waals surface area contributed by atoms with Gasteiger partial charge in [0.15, 0.2) is 5.78 Å². The van der Waals surface area contributed by atoms with Crippen LogP contribution in [0, 0.1) is 0 Å². The number of rotatable bonds is 8. The number of hydrogen-bond donors (Lipinski definition) is 2. The molecule has 0 aliphatic rings. The molecule has 0 aliphatic carbocycles. The number of carbonyl (C=O) groups excluding carboxylic acids is 3. The number of Topliss-reactive ketones (excluding diaryl/α,β-unsaturated/α-hetero) is 1. The van der Waals surface area contributed by atoms with Crippen LogP contribution in [0.2, 0.25) is 5.02 Å². The van der Waals surface area contributed by atoms with Crippen LogP contribution in [0.25, 0.3) is 0 Å². The number of benzene rings is 2. The molecule has 5 nitrogen and oxygen atoms in total. The summed E-state index contributed by atoms with van der Waals surface area (Å²) in [5.74, 6) is -0.580. The number of halogens is 1. The van der Waals surface area contributed by atoms with Gasteiger partial charge in [-0.25, -0.2) is 0 Å². The molecule has 0 unspecified atom stereocenters. The number of nitrogens with one attached hydrogen (secondary N) is 2. The maximum Gasteiger partial charge on any atom is 0.251 e. The van der Waals surface area contributed by atoms with E-state index >= 15 is 0 Å². The molecule has 0 bridgehead atoms. The van der Waals surface area contributed by atoms with Crippen LogP contribution < -0.4 is 10.6 Å². The molecule has 0 saturated carbocycles. The van der Waals surface area contributed by atoms with Crippen molar-refractivity contribution in [1.29, 1.82) is 0 Å². The Bertz CT molecular complexity index is 788. The predicted octanol–water partition coefficient (Wildman–Crippen LogP) is 4.08. The van der Waals surface area contributed by atoms with Gasteiger partial charge in [-0.15, -0.1) is 0 Å². The van der Waals surface area contributed by atoms with Gasteiger partial charge in [0.1, 0.15) is 0 Å². The van der Waals surface area contributed by atoms with Gasteiger partial charge in [0.2, 0.25) is 5.91 Å². The summed E-state index contributed by atoms with van der Waals surface area (Å²) in [6, 6.07) is 13.3. The van der Waals surface area contributed by atoms with E-state index in [1.165, 1.54) is 0 Å². The third-order valence-electron chi connectivity index (χ3n) is 3.69. The molecule has 0 spiro atoms. The predicted molar refractivity (Wildman–Crippen MR) is 103 cm³/mol. The Morgan fingerprint density at radius 2 is 1.69 bits per heavy atom.